The normalized spacial score (nSPS) is 9.87. The van der Waals surface area contributed by atoms with Crippen LogP contribution in [0.2, 0.25) is 0 Å². The molecule has 0 unspecified atom stereocenters. The molecule has 0 aliphatic heterocycles. The van der Waals surface area contributed by atoms with Gasteiger partial charge in [0.05, 0.1) is 16.9 Å². The molecule has 3 aromatic rings. The second-order valence-electron chi connectivity index (χ2n) is 6.30. The van der Waals surface area contributed by atoms with Crippen molar-refractivity contribution in [1.82, 2.24) is 5.32 Å². The maximum atomic E-state index is 12.3. The highest BCUT2D eigenvalue weighted by Gasteiger charge is 2.10. The Morgan fingerprint density at radius 2 is 1.30 bits per heavy atom. The third-order valence-corrected chi connectivity index (χ3v) is 4.27. The number of hydrogen-bond acceptors (Lipinski definition) is 4. The molecule has 0 aliphatic rings. The van der Waals surface area contributed by atoms with Crippen molar-refractivity contribution in [2.24, 2.45) is 0 Å². The lowest BCUT2D eigenvalue weighted by molar-refractivity contribution is 0.0696. The number of carbonyl (C=O) groups is 3. The first-order valence-corrected chi connectivity index (χ1v) is 8.80. The van der Waals surface area contributed by atoms with E-state index in [4.69, 9.17) is 10.8 Å². The number of benzene rings is 3. The first kappa shape index (κ1) is 22.4. The Morgan fingerprint density at radius 1 is 0.767 bits per heavy atom. The van der Waals surface area contributed by atoms with Crippen LogP contribution in [-0.2, 0) is 6.54 Å². The number of anilines is 2. The molecule has 154 valence electrons. The largest absolute Gasteiger partial charge is 0.478 e. The van der Waals surface area contributed by atoms with Gasteiger partial charge in [0.2, 0.25) is 0 Å². The van der Waals surface area contributed by atoms with Gasteiger partial charge in [-0.15, -0.1) is 12.4 Å². The molecular weight excluding hydrogens is 406 g/mol. The van der Waals surface area contributed by atoms with Crippen LogP contribution in [0, 0.1) is 0 Å². The van der Waals surface area contributed by atoms with Crippen molar-refractivity contribution in [2.45, 2.75) is 6.54 Å². The summed E-state index contributed by atoms with van der Waals surface area (Å²) in [7, 11) is 0. The van der Waals surface area contributed by atoms with Gasteiger partial charge in [0, 0.05) is 17.7 Å². The van der Waals surface area contributed by atoms with Crippen LogP contribution in [-0.4, -0.2) is 22.9 Å². The lowest BCUT2D eigenvalue weighted by Gasteiger charge is -2.09. The van der Waals surface area contributed by atoms with Gasteiger partial charge in [-0.3, -0.25) is 9.59 Å². The zero-order chi connectivity index (χ0) is 20.8. The molecule has 30 heavy (non-hydrogen) atoms. The standard InChI is InChI=1S/C22H19N3O4.ClH/c23-18-3-1-2-4-19(18)25-21(27)16-7-5-14(6-8-16)13-24-20(26)15-9-11-17(12-10-15)22(28)29;/h1-12H,13,23H2,(H,24,26)(H,25,27)(H,28,29);1H. The molecule has 0 fully saturated rings. The molecular formula is C22H20ClN3O4. The van der Waals surface area contributed by atoms with Crippen molar-refractivity contribution in [3.8, 4) is 0 Å². The van der Waals surface area contributed by atoms with E-state index in [-0.39, 0.29) is 36.3 Å². The fraction of sp³-hybridized carbons (Fsp3) is 0.0455. The molecule has 3 rings (SSSR count). The van der Waals surface area contributed by atoms with E-state index >= 15 is 0 Å². The summed E-state index contributed by atoms with van der Waals surface area (Å²) in [6.07, 6.45) is 0. The maximum absolute atomic E-state index is 12.3. The van der Waals surface area contributed by atoms with E-state index in [1.54, 1.807) is 48.5 Å². The van der Waals surface area contributed by atoms with Crippen LogP contribution in [0.25, 0.3) is 0 Å². The van der Waals surface area contributed by atoms with Crippen molar-refractivity contribution < 1.29 is 19.5 Å². The number of rotatable bonds is 6. The number of hydrogen-bond donors (Lipinski definition) is 4. The highest BCUT2D eigenvalue weighted by Crippen LogP contribution is 2.18. The van der Waals surface area contributed by atoms with E-state index in [2.05, 4.69) is 10.6 Å². The number of carbonyl (C=O) groups excluding carboxylic acids is 2. The SMILES string of the molecule is Cl.Nc1ccccc1NC(=O)c1ccc(CNC(=O)c2ccc(C(=O)O)cc2)cc1. The van der Waals surface area contributed by atoms with Gasteiger partial charge in [0.1, 0.15) is 0 Å². The fourth-order valence-corrected chi connectivity index (χ4v) is 2.63. The lowest BCUT2D eigenvalue weighted by Crippen LogP contribution is -2.23. The Kier molecular flexibility index (Phi) is 7.55. The van der Waals surface area contributed by atoms with Crippen molar-refractivity contribution in [2.75, 3.05) is 11.1 Å². The number of amides is 2. The number of nitrogens with one attached hydrogen (secondary N) is 2. The van der Waals surface area contributed by atoms with Crippen LogP contribution in [0.15, 0.2) is 72.8 Å². The van der Waals surface area contributed by atoms with Gasteiger partial charge in [-0.25, -0.2) is 4.79 Å². The topological polar surface area (TPSA) is 122 Å². The highest BCUT2D eigenvalue weighted by atomic mass is 35.5. The highest BCUT2D eigenvalue weighted by molar-refractivity contribution is 6.05. The Morgan fingerprint density at radius 3 is 1.90 bits per heavy atom. The number of carboxylic acid groups (broad SMARTS) is 1. The molecule has 8 heteroatoms. The van der Waals surface area contributed by atoms with Crippen LogP contribution >= 0.6 is 12.4 Å². The first-order valence-electron chi connectivity index (χ1n) is 8.80. The van der Waals surface area contributed by atoms with Gasteiger partial charge in [-0.2, -0.15) is 0 Å². The molecule has 3 aromatic carbocycles. The summed E-state index contributed by atoms with van der Waals surface area (Å²) >= 11 is 0. The number of carboxylic acids is 1. The predicted octanol–water partition coefficient (Wildman–Crippen LogP) is 3.57. The number of aromatic carboxylic acids is 1. The van der Waals surface area contributed by atoms with Crippen LogP contribution in [0.1, 0.15) is 36.6 Å². The van der Waals surface area contributed by atoms with Gasteiger partial charge in [0.25, 0.3) is 11.8 Å². The average Bonchev–Trinajstić information content (AvgIpc) is 2.74. The van der Waals surface area contributed by atoms with Gasteiger partial charge in [-0.05, 0) is 54.1 Å². The fourth-order valence-electron chi connectivity index (χ4n) is 2.63. The molecule has 0 saturated heterocycles. The summed E-state index contributed by atoms with van der Waals surface area (Å²) in [5.41, 5.74) is 8.62. The smallest absolute Gasteiger partial charge is 0.335 e. The van der Waals surface area contributed by atoms with Gasteiger partial charge in [0.15, 0.2) is 0 Å². The third kappa shape index (κ3) is 5.59. The monoisotopic (exact) mass is 425 g/mol. The molecule has 0 saturated carbocycles. The summed E-state index contributed by atoms with van der Waals surface area (Å²) < 4.78 is 0. The van der Waals surface area contributed by atoms with Crippen LogP contribution < -0.4 is 16.4 Å². The Balaban J connectivity index is 0.00000320. The zero-order valence-corrected chi connectivity index (χ0v) is 16.6. The van der Waals surface area contributed by atoms with E-state index in [1.807, 2.05) is 0 Å². The van der Waals surface area contributed by atoms with Crippen LogP contribution in [0.4, 0.5) is 11.4 Å². The molecule has 0 atom stereocenters. The first-order chi connectivity index (χ1) is 13.9. The number of halogens is 1. The molecule has 0 radical (unpaired) electrons. The minimum Gasteiger partial charge on any atom is -0.478 e. The number of nitrogen functional groups attached to an aromatic ring is 1. The molecule has 0 aliphatic carbocycles. The van der Waals surface area contributed by atoms with Gasteiger partial charge >= 0.3 is 5.97 Å². The van der Waals surface area contributed by atoms with Crippen molar-refractivity contribution in [3.05, 3.63) is 95.1 Å². The average molecular weight is 426 g/mol. The molecule has 0 heterocycles. The van der Waals surface area contributed by atoms with E-state index in [9.17, 15) is 14.4 Å². The van der Waals surface area contributed by atoms with Gasteiger partial charge in [-0.1, -0.05) is 24.3 Å². The van der Waals surface area contributed by atoms with Crippen LogP contribution in [0.5, 0.6) is 0 Å². The van der Waals surface area contributed by atoms with E-state index in [0.29, 0.717) is 22.5 Å². The molecule has 0 bridgehead atoms. The molecule has 7 nitrogen and oxygen atoms in total. The van der Waals surface area contributed by atoms with Crippen molar-refractivity contribution in [3.63, 3.8) is 0 Å². The minimum atomic E-state index is -1.05. The molecule has 5 N–H and O–H groups in total. The Bertz CT molecular complexity index is 1050. The second-order valence-corrected chi connectivity index (χ2v) is 6.30. The van der Waals surface area contributed by atoms with Crippen LogP contribution in [0.3, 0.4) is 0 Å². The number of para-hydroxylation sites is 2. The Labute approximate surface area is 179 Å². The quantitative estimate of drug-likeness (QED) is 0.450. The lowest BCUT2D eigenvalue weighted by atomic mass is 10.1. The summed E-state index contributed by atoms with van der Waals surface area (Å²) in [4.78, 5) is 35.4. The summed E-state index contributed by atoms with van der Waals surface area (Å²) in [5, 5.41) is 14.4. The molecule has 2 amide bonds. The minimum absolute atomic E-state index is 0. The van der Waals surface area contributed by atoms with E-state index in [1.165, 1.54) is 24.3 Å². The summed E-state index contributed by atoms with van der Waals surface area (Å²) in [5.74, 6) is -1.64. The van der Waals surface area contributed by atoms with Crippen molar-refractivity contribution in [1.29, 1.82) is 0 Å². The summed E-state index contributed by atoms with van der Waals surface area (Å²) in [6.45, 7) is 0.271. The molecule has 0 aromatic heterocycles. The summed E-state index contributed by atoms with van der Waals surface area (Å²) in [6, 6.07) is 19.5. The third-order valence-electron chi connectivity index (χ3n) is 4.27. The van der Waals surface area contributed by atoms with Gasteiger partial charge < -0.3 is 21.5 Å². The maximum Gasteiger partial charge on any atom is 0.335 e. The number of nitrogens with two attached hydrogens (primary N) is 1. The van der Waals surface area contributed by atoms with E-state index in [0.717, 1.165) is 5.56 Å². The second kappa shape index (κ2) is 10.1. The van der Waals surface area contributed by atoms with E-state index < -0.39 is 5.97 Å². The predicted molar refractivity (Wildman–Crippen MR) is 117 cm³/mol. The molecule has 0 spiro atoms. The Hall–Kier alpha value is -3.84. The zero-order valence-electron chi connectivity index (χ0n) is 15.8. The van der Waals surface area contributed by atoms with Crippen molar-refractivity contribution >= 4 is 41.6 Å².